The Hall–Kier alpha value is -2.69. The number of benzene rings is 2. The van der Waals surface area contributed by atoms with E-state index in [-0.39, 0.29) is 29.5 Å². The van der Waals surface area contributed by atoms with E-state index >= 15 is 0 Å². The van der Waals surface area contributed by atoms with Crippen LogP contribution >= 0.6 is 0 Å². The largest absolute Gasteiger partial charge is 0.326 e. The van der Waals surface area contributed by atoms with Gasteiger partial charge in [0.2, 0.25) is 11.8 Å². The average molecular weight is 340 g/mol. The molecule has 2 amide bonds. The monoisotopic (exact) mass is 340 g/mol. The fourth-order valence-electron chi connectivity index (χ4n) is 3.18. The summed E-state index contributed by atoms with van der Waals surface area (Å²) in [5, 5.41) is 5.72. The third kappa shape index (κ3) is 3.55. The molecule has 0 spiro atoms. The van der Waals surface area contributed by atoms with Crippen LogP contribution in [0.4, 0.5) is 15.8 Å². The molecule has 1 aliphatic carbocycles. The molecule has 2 aromatic carbocycles. The first kappa shape index (κ1) is 17.1. The van der Waals surface area contributed by atoms with E-state index in [0.717, 1.165) is 11.1 Å². The highest BCUT2D eigenvalue weighted by Crippen LogP contribution is 2.48. The van der Waals surface area contributed by atoms with Crippen LogP contribution in [-0.2, 0) is 9.59 Å². The quantitative estimate of drug-likeness (QED) is 0.879. The molecule has 25 heavy (non-hydrogen) atoms. The summed E-state index contributed by atoms with van der Waals surface area (Å²) in [6, 6.07) is 10.3. The fourth-order valence-corrected chi connectivity index (χ4v) is 3.18. The molecule has 2 N–H and O–H groups in total. The molecule has 0 bridgehead atoms. The van der Waals surface area contributed by atoms with Gasteiger partial charge in [-0.25, -0.2) is 4.39 Å². The van der Waals surface area contributed by atoms with Gasteiger partial charge in [0.25, 0.3) is 0 Å². The van der Waals surface area contributed by atoms with E-state index in [2.05, 4.69) is 10.6 Å². The highest BCUT2D eigenvalue weighted by Gasteiger charge is 2.45. The van der Waals surface area contributed by atoms with Crippen LogP contribution in [0.5, 0.6) is 0 Å². The van der Waals surface area contributed by atoms with Crippen molar-refractivity contribution in [3.8, 4) is 0 Å². The Balaban J connectivity index is 1.74. The Morgan fingerprint density at radius 1 is 1.08 bits per heavy atom. The number of carbonyl (C=O) groups excluding carboxylic acids is 2. The van der Waals surface area contributed by atoms with Gasteiger partial charge in [0.1, 0.15) is 5.82 Å². The lowest BCUT2D eigenvalue weighted by Gasteiger charge is -2.15. The molecule has 0 heterocycles. The number of hydrogen-bond acceptors (Lipinski definition) is 2. The van der Waals surface area contributed by atoms with E-state index in [9.17, 15) is 14.0 Å². The van der Waals surface area contributed by atoms with E-state index in [1.165, 1.54) is 13.0 Å². The molecule has 0 aromatic heterocycles. The summed E-state index contributed by atoms with van der Waals surface area (Å²) >= 11 is 0. The van der Waals surface area contributed by atoms with Gasteiger partial charge in [0.15, 0.2) is 0 Å². The molecule has 0 saturated heterocycles. The number of amides is 2. The Kier molecular flexibility index (Phi) is 4.57. The lowest BCUT2D eigenvalue weighted by atomic mass is 10.1. The maximum Gasteiger partial charge on any atom is 0.228 e. The first-order valence-corrected chi connectivity index (χ1v) is 8.31. The summed E-state index contributed by atoms with van der Waals surface area (Å²) < 4.78 is 13.9. The van der Waals surface area contributed by atoms with Crippen molar-refractivity contribution in [3.05, 3.63) is 58.9 Å². The molecule has 4 nitrogen and oxygen atoms in total. The zero-order valence-corrected chi connectivity index (χ0v) is 14.5. The minimum absolute atomic E-state index is 0.0678. The number of anilines is 2. The van der Waals surface area contributed by atoms with Crippen molar-refractivity contribution in [2.24, 2.45) is 5.92 Å². The second-order valence-corrected chi connectivity index (χ2v) is 6.57. The highest BCUT2D eigenvalue weighted by atomic mass is 19.1. The smallest absolute Gasteiger partial charge is 0.228 e. The second kappa shape index (κ2) is 6.67. The number of hydrogen-bond donors (Lipinski definition) is 2. The van der Waals surface area contributed by atoms with Gasteiger partial charge < -0.3 is 10.6 Å². The maximum absolute atomic E-state index is 13.9. The molecule has 0 unspecified atom stereocenters. The summed E-state index contributed by atoms with van der Waals surface area (Å²) in [5.41, 5.74) is 3.72. The van der Waals surface area contributed by atoms with E-state index in [1.807, 2.05) is 26.0 Å². The Morgan fingerprint density at radius 2 is 1.80 bits per heavy atom. The van der Waals surface area contributed by atoms with Gasteiger partial charge in [0.05, 0.1) is 0 Å². The van der Waals surface area contributed by atoms with E-state index < -0.39 is 0 Å². The summed E-state index contributed by atoms with van der Waals surface area (Å²) in [4.78, 5) is 23.9. The van der Waals surface area contributed by atoms with Crippen molar-refractivity contribution in [1.82, 2.24) is 0 Å². The number of rotatable bonds is 4. The van der Waals surface area contributed by atoms with Crippen LogP contribution in [0.2, 0.25) is 0 Å². The van der Waals surface area contributed by atoms with Crippen molar-refractivity contribution < 1.29 is 14.0 Å². The molecular formula is C20H21FN2O2. The predicted octanol–water partition coefficient (Wildman–Crippen LogP) is 4.14. The first-order valence-electron chi connectivity index (χ1n) is 8.31. The molecular weight excluding hydrogens is 319 g/mol. The van der Waals surface area contributed by atoms with Crippen LogP contribution in [0.1, 0.15) is 36.0 Å². The van der Waals surface area contributed by atoms with E-state index in [4.69, 9.17) is 0 Å². The zero-order valence-electron chi connectivity index (χ0n) is 14.5. The standard InChI is InChI=1S/C20H21FN2O2/c1-11-8-9-18(12(2)19(11)22-13(3)24)23-20(25)16-10-15(16)14-6-4-5-7-17(14)21/h4-9,15-16H,10H2,1-3H3,(H,22,24)(H,23,25)/t15-,16+/m1/s1. The minimum atomic E-state index is -0.262. The molecule has 0 aliphatic heterocycles. The molecule has 5 heteroatoms. The molecule has 1 saturated carbocycles. The van der Waals surface area contributed by atoms with Gasteiger partial charge in [-0.3, -0.25) is 9.59 Å². The molecule has 2 aromatic rings. The van der Waals surface area contributed by atoms with Gasteiger partial charge in [-0.1, -0.05) is 24.3 Å². The van der Waals surface area contributed by atoms with Crippen molar-refractivity contribution in [2.45, 2.75) is 33.1 Å². The van der Waals surface area contributed by atoms with Crippen molar-refractivity contribution in [3.63, 3.8) is 0 Å². The van der Waals surface area contributed by atoms with Gasteiger partial charge in [0, 0.05) is 24.2 Å². The number of aryl methyl sites for hydroxylation is 1. The normalized spacial score (nSPS) is 18.6. The van der Waals surface area contributed by atoms with Crippen molar-refractivity contribution in [2.75, 3.05) is 10.6 Å². The zero-order chi connectivity index (χ0) is 18.1. The van der Waals surface area contributed by atoms with Crippen molar-refractivity contribution >= 4 is 23.2 Å². The summed E-state index contributed by atoms with van der Waals surface area (Å²) in [6.45, 7) is 5.21. The van der Waals surface area contributed by atoms with Gasteiger partial charge in [-0.05, 0) is 55.0 Å². The van der Waals surface area contributed by atoms with Crippen LogP contribution < -0.4 is 10.6 Å². The van der Waals surface area contributed by atoms with Crippen LogP contribution in [0, 0.1) is 25.6 Å². The number of halogens is 1. The van der Waals surface area contributed by atoms with E-state index in [0.29, 0.717) is 23.4 Å². The van der Waals surface area contributed by atoms with Crippen LogP contribution in [0.3, 0.4) is 0 Å². The summed E-state index contributed by atoms with van der Waals surface area (Å²) in [5.74, 6) is -0.823. The second-order valence-electron chi connectivity index (χ2n) is 6.57. The molecule has 2 atom stereocenters. The Labute approximate surface area is 146 Å². The average Bonchev–Trinajstić information content (AvgIpc) is 3.35. The van der Waals surface area contributed by atoms with Gasteiger partial charge in [-0.15, -0.1) is 0 Å². The lowest BCUT2D eigenvalue weighted by molar-refractivity contribution is -0.117. The third-order valence-electron chi connectivity index (χ3n) is 4.66. The molecule has 1 fully saturated rings. The highest BCUT2D eigenvalue weighted by molar-refractivity contribution is 5.98. The summed E-state index contributed by atoms with van der Waals surface area (Å²) in [6.07, 6.45) is 0.649. The number of carbonyl (C=O) groups is 2. The van der Waals surface area contributed by atoms with Crippen LogP contribution in [-0.4, -0.2) is 11.8 Å². The molecule has 3 rings (SSSR count). The lowest BCUT2D eigenvalue weighted by Crippen LogP contribution is -2.17. The Bertz CT molecular complexity index is 848. The molecule has 1 aliphatic rings. The van der Waals surface area contributed by atoms with Crippen molar-refractivity contribution in [1.29, 1.82) is 0 Å². The topological polar surface area (TPSA) is 58.2 Å². The van der Waals surface area contributed by atoms with E-state index in [1.54, 1.807) is 18.2 Å². The fraction of sp³-hybridized carbons (Fsp3) is 0.300. The third-order valence-corrected chi connectivity index (χ3v) is 4.66. The SMILES string of the molecule is CC(=O)Nc1c(C)ccc(NC(=O)[C@H]2C[C@@H]2c2ccccc2F)c1C. The minimum Gasteiger partial charge on any atom is -0.326 e. The maximum atomic E-state index is 13.9. The van der Waals surface area contributed by atoms with Crippen LogP contribution in [0.15, 0.2) is 36.4 Å². The Morgan fingerprint density at radius 3 is 2.48 bits per heavy atom. The number of nitrogens with one attached hydrogen (secondary N) is 2. The summed E-state index contributed by atoms with van der Waals surface area (Å²) in [7, 11) is 0. The predicted molar refractivity (Wildman–Crippen MR) is 96.1 cm³/mol. The van der Waals surface area contributed by atoms with Crippen LogP contribution in [0.25, 0.3) is 0 Å². The first-order chi connectivity index (χ1) is 11.9. The van der Waals surface area contributed by atoms with Gasteiger partial charge >= 0.3 is 0 Å². The van der Waals surface area contributed by atoms with Gasteiger partial charge in [-0.2, -0.15) is 0 Å². The molecule has 130 valence electrons. The molecule has 0 radical (unpaired) electrons.